The van der Waals surface area contributed by atoms with Gasteiger partial charge in [-0.05, 0) is 45.6 Å². The minimum absolute atomic E-state index is 0.240. The maximum absolute atomic E-state index is 6.11. The fraction of sp³-hybridized carbons (Fsp3) is 0.750. The van der Waals surface area contributed by atoms with Crippen molar-refractivity contribution >= 4 is 0 Å². The molecular formula is C24H42O3. The molecular weight excluding hydrogens is 336 g/mol. The van der Waals surface area contributed by atoms with E-state index in [2.05, 4.69) is 37.3 Å². The van der Waals surface area contributed by atoms with Crippen molar-refractivity contribution in [3.8, 4) is 0 Å². The molecule has 0 fully saturated rings. The van der Waals surface area contributed by atoms with Crippen LogP contribution in [0.3, 0.4) is 0 Å². The van der Waals surface area contributed by atoms with Crippen LogP contribution in [0.1, 0.15) is 84.6 Å². The van der Waals surface area contributed by atoms with Gasteiger partial charge >= 0.3 is 0 Å². The van der Waals surface area contributed by atoms with Gasteiger partial charge in [0.1, 0.15) is 0 Å². The minimum Gasteiger partial charge on any atom is -0.328 e. The molecule has 0 aliphatic rings. The molecule has 0 bridgehead atoms. The van der Waals surface area contributed by atoms with Gasteiger partial charge in [0.05, 0.1) is 0 Å². The number of hydrogen-bond acceptors (Lipinski definition) is 3. The van der Waals surface area contributed by atoms with E-state index in [0.717, 1.165) is 19.3 Å². The van der Waals surface area contributed by atoms with Gasteiger partial charge in [-0.25, -0.2) is 0 Å². The van der Waals surface area contributed by atoms with Crippen LogP contribution in [-0.2, 0) is 20.6 Å². The van der Waals surface area contributed by atoms with Gasteiger partial charge in [0.25, 0.3) is 5.97 Å². The molecule has 0 aliphatic heterocycles. The molecule has 0 saturated heterocycles. The van der Waals surface area contributed by atoms with Crippen LogP contribution >= 0.6 is 0 Å². The highest BCUT2D eigenvalue weighted by Crippen LogP contribution is 2.34. The number of ether oxygens (including phenoxy) is 3. The Hall–Kier alpha value is -0.900. The van der Waals surface area contributed by atoms with Crippen molar-refractivity contribution in [3.05, 3.63) is 35.9 Å². The average Bonchev–Trinajstić information content (AvgIpc) is 2.68. The van der Waals surface area contributed by atoms with Crippen LogP contribution in [0.5, 0.6) is 0 Å². The van der Waals surface area contributed by atoms with E-state index in [1.54, 1.807) is 0 Å². The van der Waals surface area contributed by atoms with Gasteiger partial charge in [-0.1, -0.05) is 75.8 Å². The van der Waals surface area contributed by atoms with Gasteiger partial charge in [-0.15, -0.1) is 0 Å². The summed E-state index contributed by atoms with van der Waals surface area (Å²) in [4.78, 5) is 0. The van der Waals surface area contributed by atoms with E-state index in [1.807, 2.05) is 20.8 Å². The van der Waals surface area contributed by atoms with Crippen molar-refractivity contribution in [1.29, 1.82) is 0 Å². The van der Waals surface area contributed by atoms with E-state index in [9.17, 15) is 0 Å². The molecule has 0 radical (unpaired) electrons. The van der Waals surface area contributed by atoms with Crippen molar-refractivity contribution in [2.24, 2.45) is 5.92 Å². The standard InChI is InChI=1S/C24H42O3/c1-5-9-10-11-12-16-19-23(21-20-22-17-14-13-15-18-22)24(25-6-2,26-7-3)27-8-4/h13-15,17-18,23H,5-12,16,19-21H2,1-4H3. The van der Waals surface area contributed by atoms with Crippen LogP contribution < -0.4 is 0 Å². The molecule has 156 valence electrons. The van der Waals surface area contributed by atoms with E-state index in [4.69, 9.17) is 14.2 Å². The summed E-state index contributed by atoms with van der Waals surface area (Å²) in [5.41, 5.74) is 1.36. The Morgan fingerprint density at radius 1 is 0.704 bits per heavy atom. The topological polar surface area (TPSA) is 27.7 Å². The van der Waals surface area contributed by atoms with E-state index in [1.165, 1.54) is 44.1 Å². The first kappa shape index (κ1) is 24.1. The lowest BCUT2D eigenvalue weighted by molar-refractivity contribution is -0.403. The summed E-state index contributed by atoms with van der Waals surface area (Å²) >= 11 is 0. The molecule has 1 aromatic carbocycles. The molecule has 1 atom stereocenters. The van der Waals surface area contributed by atoms with Gasteiger partial charge in [0.15, 0.2) is 0 Å². The zero-order chi connectivity index (χ0) is 19.8. The molecule has 0 amide bonds. The summed E-state index contributed by atoms with van der Waals surface area (Å²) in [5, 5.41) is 0. The number of benzene rings is 1. The average molecular weight is 379 g/mol. The molecule has 27 heavy (non-hydrogen) atoms. The smallest absolute Gasteiger partial charge is 0.285 e. The van der Waals surface area contributed by atoms with Gasteiger partial charge in [0.2, 0.25) is 0 Å². The Morgan fingerprint density at radius 3 is 1.81 bits per heavy atom. The first-order chi connectivity index (χ1) is 13.2. The van der Waals surface area contributed by atoms with Crippen LogP contribution in [0, 0.1) is 5.92 Å². The van der Waals surface area contributed by atoms with Crippen LogP contribution in [0.15, 0.2) is 30.3 Å². The fourth-order valence-electron chi connectivity index (χ4n) is 3.74. The first-order valence-electron chi connectivity index (χ1n) is 11.2. The maximum atomic E-state index is 6.11. The normalized spacial score (nSPS) is 13.0. The maximum Gasteiger partial charge on any atom is 0.285 e. The van der Waals surface area contributed by atoms with Gasteiger partial charge in [-0.2, -0.15) is 0 Å². The van der Waals surface area contributed by atoms with Crippen LogP contribution in [0.4, 0.5) is 0 Å². The summed E-state index contributed by atoms with van der Waals surface area (Å²) < 4.78 is 18.3. The summed E-state index contributed by atoms with van der Waals surface area (Å²) in [7, 11) is 0. The van der Waals surface area contributed by atoms with Gasteiger partial charge < -0.3 is 14.2 Å². The van der Waals surface area contributed by atoms with Crippen molar-refractivity contribution < 1.29 is 14.2 Å². The molecule has 1 rings (SSSR count). The fourth-order valence-corrected chi connectivity index (χ4v) is 3.74. The third-order valence-electron chi connectivity index (χ3n) is 5.07. The third kappa shape index (κ3) is 9.23. The van der Waals surface area contributed by atoms with Crippen molar-refractivity contribution in [2.45, 2.75) is 91.5 Å². The quantitative estimate of drug-likeness (QED) is 0.222. The lowest BCUT2D eigenvalue weighted by Gasteiger charge is -2.39. The summed E-state index contributed by atoms with van der Waals surface area (Å²) in [5.74, 6) is -0.667. The Kier molecular flexibility index (Phi) is 13.5. The van der Waals surface area contributed by atoms with E-state index in [0.29, 0.717) is 19.8 Å². The molecule has 3 nitrogen and oxygen atoms in total. The SMILES string of the molecule is CCCCCCCCC(CCc1ccccc1)C(OCC)(OCC)OCC. The highest BCUT2D eigenvalue weighted by Gasteiger charge is 2.41. The van der Waals surface area contributed by atoms with Gasteiger partial charge in [-0.3, -0.25) is 0 Å². The second kappa shape index (κ2) is 15.1. The van der Waals surface area contributed by atoms with Crippen LogP contribution in [-0.4, -0.2) is 25.8 Å². The van der Waals surface area contributed by atoms with E-state index >= 15 is 0 Å². The molecule has 1 aromatic rings. The lowest BCUT2D eigenvalue weighted by atomic mass is 9.91. The molecule has 0 spiro atoms. The van der Waals surface area contributed by atoms with Crippen molar-refractivity contribution in [1.82, 2.24) is 0 Å². The summed E-state index contributed by atoms with van der Waals surface area (Å²) in [6.45, 7) is 10.1. The van der Waals surface area contributed by atoms with Crippen molar-refractivity contribution in [3.63, 3.8) is 0 Å². The second-order valence-electron chi connectivity index (χ2n) is 7.18. The Bertz CT molecular complexity index is 429. The Morgan fingerprint density at radius 2 is 1.26 bits per heavy atom. The van der Waals surface area contributed by atoms with Gasteiger partial charge in [0, 0.05) is 25.7 Å². The summed E-state index contributed by atoms with van der Waals surface area (Å²) in [6.07, 6.45) is 10.9. The lowest BCUT2D eigenvalue weighted by Crippen LogP contribution is -2.47. The predicted octanol–water partition coefficient (Wildman–Crippen LogP) is 6.75. The number of rotatable bonds is 17. The highest BCUT2D eigenvalue weighted by atomic mass is 16.9. The molecule has 0 N–H and O–H groups in total. The van der Waals surface area contributed by atoms with E-state index < -0.39 is 5.97 Å². The zero-order valence-corrected chi connectivity index (χ0v) is 18.2. The molecule has 3 heteroatoms. The Labute approximate surface area is 167 Å². The molecule has 0 aliphatic carbocycles. The summed E-state index contributed by atoms with van der Waals surface area (Å²) in [6, 6.07) is 10.7. The second-order valence-corrected chi connectivity index (χ2v) is 7.18. The van der Waals surface area contributed by atoms with E-state index in [-0.39, 0.29) is 5.92 Å². The number of hydrogen-bond donors (Lipinski definition) is 0. The monoisotopic (exact) mass is 378 g/mol. The number of aryl methyl sites for hydroxylation is 1. The predicted molar refractivity (Wildman–Crippen MR) is 114 cm³/mol. The largest absolute Gasteiger partial charge is 0.328 e. The third-order valence-corrected chi connectivity index (χ3v) is 5.07. The van der Waals surface area contributed by atoms with Crippen LogP contribution in [0.25, 0.3) is 0 Å². The zero-order valence-electron chi connectivity index (χ0n) is 18.2. The minimum atomic E-state index is -0.906. The molecule has 0 aromatic heterocycles. The first-order valence-corrected chi connectivity index (χ1v) is 11.2. The Balaban J connectivity index is 2.77. The van der Waals surface area contributed by atoms with Crippen molar-refractivity contribution in [2.75, 3.05) is 19.8 Å². The van der Waals surface area contributed by atoms with Crippen LogP contribution in [0.2, 0.25) is 0 Å². The molecule has 1 unspecified atom stereocenters. The molecule has 0 heterocycles. The molecule has 0 saturated carbocycles. The number of unbranched alkanes of at least 4 members (excludes halogenated alkanes) is 5. The highest BCUT2D eigenvalue weighted by molar-refractivity contribution is 5.14.